The second kappa shape index (κ2) is 11.3. The molecule has 0 aliphatic rings. The van der Waals surface area contributed by atoms with Gasteiger partial charge >= 0.3 is 16.6 Å². The molecular formula is C21H24F3NO2S. The van der Waals surface area contributed by atoms with E-state index in [0.29, 0.717) is 11.3 Å². The van der Waals surface area contributed by atoms with Crippen molar-refractivity contribution in [2.24, 2.45) is 0 Å². The van der Waals surface area contributed by atoms with Gasteiger partial charge in [-0.05, 0) is 36.3 Å². The van der Waals surface area contributed by atoms with Crippen molar-refractivity contribution in [3.05, 3.63) is 84.1 Å². The summed E-state index contributed by atoms with van der Waals surface area (Å²) in [5, 5.41) is 3.14. The fourth-order valence-electron chi connectivity index (χ4n) is 2.14. The zero-order valence-corrected chi connectivity index (χ0v) is 16.8. The van der Waals surface area contributed by atoms with Crippen molar-refractivity contribution < 1.29 is 21.6 Å². The van der Waals surface area contributed by atoms with Gasteiger partial charge in [0.15, 0.2) is 0 Å². The molecule has 0 amide bonds. The third kappa shape index (κ3) is 8.00. The Bertz CT molecular complexity index is 805. The number of nitrogens with one attached hydrogen (secondary N) is 1. The molecule has 0 aromatic heterocycles. The minimum absolute atomic E-state index is 0.114. The van der Waals surface area contributed by atoms with Crippen LogP contribution in [0.15, 0.2) is 72.9 Å². The molecule has 2 aromatic carbocycles. The van der Waals surface area contributed by atoms with Crippen LogP contribution in [0.25, 0.3) is 6.08 Å². The van der Waals surface area contributed by atoms with Crippen LogP contribution in [0.2, 0.25) is 0 Å². The van der Waals surface area contributed by atoms with E-state index in [1.54, 1.807) is 12.1 Å². The van der Waals surface area contributed by atoms with Crippen LogP contribution in [0, 0.1) is 0 Å². The van der Waals surface area contributed by atoms with Gasteiger partial charge in [0.1, 0.15) is 5.75 Å². The molecule has 0 saturated carbocycles. The summed E-state index contributed by atoms with van der Waals surface area (Å²) >= 11 is -3.39. The third-order valence-electron chi connectivity index (χ3n) is 3.40. The van der Waals surface area contributed by atoms with Crippen molar-refractivity contribution in [3.8, 4) is 5.75 Å². The first kappa shape index (κ1) is 23.5. The zero-order chi connectivity index (χ0) is 21.2. The first-order valence-electron chi connectivity index (χ1n) is 8.71. The van der Waals surface area contributed by atoms with Gasteiger partial charge in [0.05, 0.1) is 0 Å². The van der Waals surface area contributed by atoms with Crippen LogP contribution >= 0.6 is 0 Å². The molecule has 28 heavy (non-hydrogen) atoms. The van der Waals surface area contributed by atoms with E-state index in [1.807, 2.05) is 63.3 Å². The SMILES string of the molecule is C=C(/C=C/c1ccccc1)N[C@@H](C)c1cccc(OS(=O)C(F)(F)F)c1.CC. The summed E-state index contributed by atoms with van der Waals surface area (Å²) in [5.41, 5.74) is -2.58. The fourth-order valence-corrected chi connectivity index (χ4v) is 2.51. The highest BCUT2D eigenvalue weighted by atomic mass is 32.2. The molecule has 0 fully saturated rings. The van der Waals surface area contributed by atoms with Gasteiger partial charge < -0.3 is 9.50 Å². The van der Waals surface area contributed by atoms with Gasteiger partial charge in [0.25, 0.3) is 0 Å². The summed E-state index contributed by atoms with van der Waals surface area (Å²) in [4.78, 5) is 0. The van der Waals surface area contributed by atoms with E-state index < -0.39 is 16.6 Å². The monoisotopic (exact) mass is 411 g/mol. The fraction of sp³-hybridized carbons (Fsp3) is 0.238. The standard InChI is InChI=1S/C19H18F3NO2S.C2H6/c1-14(11-12-16-7-4-3-5-8-16)23-15(2)17-9-6-10-18(13-17)25-26(24)19(20,21)22;1-2/h3-13,15,23H,1H2,2H3;1-2H3/b12-11+;/t15-,26?;/m0./s1. The van der Waals surface area contributed by atoms with Crippen LogP contribution in [0.4, 0.5) is 13.2 Å². The molecule has 0 aliphatic carbocycles. The summed E-state index contributed by atoms with van der Waals surface area (Å²) in [5.74, 6) is -0.114. The number of benzene rings is 2. The number of halogens is 3. The van der Waals surface area contributed by atoms with Gasteiger partial charge in [-0.2, -0.15) is 13.2 Å². The third-order valence-corrected chi connectivity index (χ3v) is 4.12. The molecule has 1 N–H and O–H groups in total. The van der Waals surface area contributed by atoms with Crippen LogP contribution in [0.5, 0.6) is 5.75 Å². The first-order valence-corrected chi connectivity index (χ1v) is 9.78. The Morgan fingerprint density at radius 3 is 2.39 bits per heavy atom. The minimum atomic E-state index is -4.92. The number of alkyl halides is 3. The average molecular weight is 411 g/mol. The summed E-state index contributed by atoms with van der Waals surface area (Å²) in [6.07, 6.45) is 3.71. The van der Waals surface area contributed by atoms with Crippen molar-refractivity contribution in [1.82, 2.24) is 5.32 Å². The molecule has 2 aromatic rings. The highest BCUT2D eigenvalue weighted by molar-refractivity contribution is 7.81. The summed E-state index contributed by atoms with van der Waals surface area (Å²) in [6.45, 7) is 9.75. The molecule has 152 valence electrons. The van der Waals surface area contributed by atoms with Crippen molar-refractivity contribution in [2.75, 3.05) is 0 Å². The van der Waals surface area contributed by atoms with Gasteiger partial charge in [-0.15, -0.1) is 0 Å². The predicted molar refractivity (Wildman–Crippen MR) is 109 cm³/mol. The maximum absolute atomic E-state index is 12.3. The molecule has 1 unspecified atom stereocenters. The van der Waals surface area contributed by atoms with Crippen molar-refractivity contribution >= 4 is 17.2 Å². The normalized spacial score (nSPS) is 13.2. The number of rotatable bonds is 7. The predicted octanol–water partition coefficient (Wildman–Crippen LogP) is 6.15. The van der Waals surface area contributed by atoms with Crippen molar-refractivity contribution in [2.45, 2.75) is 32.3 Å². The van der Waals surface area contributed by atoms with Crippen molar-refractivity contribution in [1.29, 1.82) is 0 Å². The van der Waals surface area contributed by atoms with Crippen LogP contribution in [0.3, 0.4) is 0 Å². The largest absolute Gasteiger partial charge is 0.508 e. The lowest BCUT2D eigenvalue weighted by molar-refractivity contribution is -0.0437. The second-order valence-electron chi connectivity index (χ2n) is 5.47. The minimum Gasteiger partial charge on any atom is -0.394 e. The van der Waals surface area contributed by atoms with Crippen LogP contribution in [-0.4, -0.2) is 9.72 Å². The molecule has 0 bridgehead atoms. The highest BCUT2D eigenvalue weighted by Crippen LogP contribution is 2.25. The molecule has 0 radical (unpaired) electrons. The van der Waals surface area contributed by atoms with Gasteiger partial charge in [-0.3, -0.25) is 0 Å². The lowest BCUT2D eigenvalue weighted by Gasteiger charge is -2.17. The van der Waals surface area contributed by atoms with E-state index in [1.165, 1.54) is 12.1 Å². The number of hydrogen-bond acceptors (Lipinski definition) is 3. The molecule has 0 saturated heterocycles. The van der Waals surface area contributed by atoms with E-state index in [4.69, 9.17) is 0 Å². The van der Waals surface area contributed by atoms with Gasteiger partial charge in [-0.25, -0.2) is 4.21 Å². The van der Waals surface area contributed by atoms with Gasteiger partial charge in [0, 0.05) is 11.7 Å². The molecule has 0 aliphatic heterocycles. The Balaban J connectivity index is 0.00000190. The topological polar surface area (TPSA) is 38.3 Å². The zero-order valence-electron chi connectivity index (χ0n) is 16.0. The Morgan fingerprint density at radius 2 is 1.79 bits per heavy atom. The summed E-state index contributed by atoms with van der Waals surface area (Å²) in [7, 11) is 0. The van der Waals surface area contributed by atoms with Gasteiger partial charge in [0.2, 0.25) is 0 Å². The van der Waals surface area contributed by atoms with Crippen molar-refractivity contribution in [3.63, 3.8) is 0 Å². The molecule has 2 atom stereocenters. The maximum atomic E-state index is 12.3. The molecule has 0 spiro atoms. The highest BCUT2D eigenvalue weighted by Gasteiger charge is 2.40. The smallest absolute Gasteiger partial charge is 0.394 e. The van der Waals surface area contributed by atoms with Crippen LogP contribution in [-0.2, 0) is 11.1 Å². The summed E-state index contributed by atoms with van der Waals surface area (Å²) < 4.78 is 52.5. The molecule has 0 heterocycles. The van der Waals surface area contributed by atoms with E-state index >= 15 is 0 Å². The molecule has 7 heteroatoms. The number of hydrogen-bond donors (Lipinski definition) is 1. The Labute approximate surface area is 166 Å². The van der Waals surface area contributed by atoms with Crippen LogP contribution in [0.1, 0.15) is 37.9 Å². The lowest BCUT2D eigenvalue weighted by Crippen LogP contribution is -2.21. The van der Waals surface area contributed by atoms with Gasteiger partial charge in [-0.1, -0.05) is 69.0 Å². The average Bonchev–Trinajstić information content (AvgIpc) is 2.68. The first-order chi connectivity index (χ1) is 13.3. The Hall–Kier alpha value is -2.54. The van der Waals surface area contributed by atoms with E-state index in [-0.39, 0.29) is 11.8 Å². The molecular weight excluding hydrogens is 387 g/mol. The van der Waals surface area contributed by atoms with E-state index in [9.17, 15) is 17.4 Å². The van der Waals surface area contributed by atoms with E-state index in [0.717, 1.165) is 5.56 Å². The quantitative estimate of drug-likeness (QED) is 0.555. The van der Waals surface area contributed by atoms with Crippen LogP contribution < -0.4 is 9.50 Å². The maximum Gasteiger partial charge on any atom is 0.508 e. The second-order valence-corrected chi connectivity index (χ2v) is 6.57. The van der Waals surface area contributed by atoms with E-state index in [2.05, 4.69) is 16.1 Å². The molecule has 3 nitrogen and oxygen atoms in total. The Morgan fingerprint density at radius 1 is 1.14 bits per heavy atom. The Kier molecular flexibility index (Phi) is 9.51. The lowest BCUT2D eigenvalue weighted by atomic mass is 10.1. The molecule has 2 rings (SSSR count). The number of allylic oxidation sites excluding steroid dienone is 1. The summed E-state index contributed by atoms with van der Waals surface area (Å²) in [6, 6.07) is 15.5.